The fourth-order valence-corrected chi connectivity index (χ4v) is 3.47. The molecule has 0 spiro atoms. The molecular weight excluding hydrogens is 360 g/mol. The molecule has 0 atom stereocenters. The second-order valence-corrected chi connectivity index (χ2v) is 9.02. The van der Waals surface area contributed by atoms with Gasteiger partial charge in [-0.2, -0.15) is 0 Å². The molecule has 2 amide bonds. The molecule has 29 heavy (non-hydrogen) atoms. The van der Waals surface area contributed by atoms with Gasteiger partial charge in [0.05, 0.1) is 6.54 Å². The zero-order chi connectivity index (χ0) is 21.8. The summed E-state index contributed by atoms with van der Waals surface area (Å²) in [4.78, 5) is 26.4. The number of carbonyl (C=O) groups excluding carboxylic acids is 2. The van der Waals surface area contributed by atoms with Gasteiger partial charge in [0.2, 0.25) is 11.8 Å². The number of carbonyl (C=O) groups is 2. The maximum atomic E-state index is 12.5. The van der Waals surface area contributed by atoms with Gasteiger partial charge in [-0.3, -0.25) is 9.59 Å². The van der Waals surface area contributed by atoms with Crippen LogP contribution < -0.4 is 5.32 Å². The molecule has 0 aliphatic rings. The summed E-state index contributed by atoms with van der Waals surface area (Å²) in [5.41, 5.74) is 6.60. The van der Waals surface area contributed by atoms with Crippen molar-refractivity contribution in [1.29, 1.82) is 0 Å². The van der Waals surface area contributed by atoms with E-state index in [1.54, 1.807) is 7.05 Å². The maximum absolute atomic E-state index is 12.5. The highest BCUT2D eigenvalue weighted by atomic mass is 16.2. The third-order valence-corrected chi connectivity index (χ3v) is 5.20. The summed E-state index contributed by atoms with van der Waals surface area (Å²) in [6.45, 7) is 12.6. The maximum Gasteiger partial charge on any atom is 0.243 e. The SMILES string of the molecule is Cc1cc(C)c(NC(=O)CN(C)C(=O)CCc2ccc(C(C)(C)C)cc2)c(C)c1. The summed E-state index contributed by atoms with van der Waals surface area (Å²) in [5, 5.41) is 2.95. The van der Waals surface area contributed by atoms with E-state index < -0.39 is 0 Å². The van der Waals surface area contributed by atoms with Crippen molar-refractivity contribution in [2.24, 2.45) is 0 Å². The summed E-state index contributed by atoms with van der Waals surface area (Å²) in [6, 6.07) is 12.5. The predicted octanol–water partition coefficient (Wildman–Crippen LogP) is 4.94. The largest absolute Gasteiger partial charge is 0.336 e. The molecule has 0 aromatic heterocycles. The zero-order valence-electron chi connectivity index (χ0n) is 18.8. The van der Waals surface area contributed by atoms with E-state index in [1.165, 1.54) is 16.0 Å². The van der Waals surface area contributed by atoms with Crippen LogP contribution >= 0.6 is 0 Å². The molecule has 0 aliphatic heterocycles. The van der Waals surface area contributed by atoms with Gasteiger partial charge in [-0.15, -0.1) is 0 Å². The number of amides is 2. The Morgan fingerprint density at radius 1 is 0.966 bits per heavy atom. The molecule has 0 saturated heterocycles. The van der Waals surface area contributed by atoms with Crippen molar-refractivity contribution in [2.75, 3.05) is 18.9 Å². The lowest BCUT2D eigenvalue weighted by atomic mass is 9.86. The predicted molar refractivity (Wildman–Crippen MR) is 120 cm³/mol. The van der Waals surface area contributed by atoms with Crippen molar-refractivity contribution in [3.05, 3.63) is 64.2 Å². The highest BCUT2D eigenvalue weighted by molar-refractivity contribution is 5.95. The number of benzene rings is 2. The number of nitrogens with one attached hydrogen (secondary N) is 1. The molecule has 2 rings (SSSR count). The van der Waals surface area contributed by atoms with E-state index in [2.05, 4.69) is 50.4 Å². The lowest BCUT2D eigenvalue weighted by Crippen LogP contribution is -2.35. The first-order valence-electron chi connectivity index (χ1n) is 10.2. The van der Waals surface area contributed by atoms with Crippen LogP contribution in [0.25, 0.3) is 0 Å². The number of nitrogens with zero attached hydrogens (tertiary/aromatic N) is 1. The van der Waals surface area contributed by atoms with Crippen molar-refractivity contribution in [3.63, 3.8) is 0 Å². The van der Waals surface area contributed by atoms with E-state index in [4.69, 9.17) is 0 Å². The fraction of sp³-hybridized carbons (Fsp3) is 0.440. The van der Waals surface area contributed by atoms with Gasteiger partial charge in [0, 0.05) is 19.2 Å². The molecule has 156 valence electrons. The number of rotatable bonds is 6. The van der Waals surface area contributed by atoms with Crippen LogP contribution in [0.15, 0.2) is 36.4 Å². The zero-order valence-corrected chi connectivity index (χ0v) is 18.8. The number of hydrogen-bond donors (Lipinski definition) is 1. The Balaban J connectivity index is 1.88. The van der Waals surface area contributed by atoms with E-state index >= 15 is 0 Å². The third kappa shape index (κ3) is 6.45. The molecular formula is C25H34N2O2. The molecule has 2 aromatic rings. The highest BCUT2D eigenvalue weighted by Crippen LogP contribution is 2.23. The Bertz CT molecular complexity index is 854. The van der Waals surface area contributed by atoms with Gasteiger partial charge in [0.25, 0.3) is 0 Å². The normalized spacial score (nSPS) is 11.3. The fourth-order valence-electron chi connectivity index (χ4n) is 3.47. The van der Waals surface area contributed by atoms with E-state index in [1.807, 2.05) is 32.9 Å². The van der Waals surface area contributed by atoms with Crippen LogP contribution in [0, 0.1) is 20.8 Å². The molecule has 1 N–H and O–H groups in total. The Labute approximate surface area is 175 Å². The van der Waals surface area contributed by atoms with Crippen LogP contribution in [0.2, 0.25) is 0 Å². The van der Waals surface area contributed by atoms with Gasteiger partial charge >= 0.3 is 0 Å². The molecule has 0 unspecified atom stereocenters. The lowest BCUT2D eigenvalue weighted by molar-refractivity contribution is -0.133. The van der Waals surface area contributed by atoms with Crippen LogP contribution in [-0.2, 0) is 21.4 Å². The Morgan fingerprint density at radius 3 is 2.03 bits per heavy atom. The summed E-state index contributed by atoms with van der Waals surface area (Å²) >= 11 is 0. The summed E-state index contributed by atoms with van der Waals surface area (Å²) in [7, 11) is 1.68. The standard InChI is InChI=1S/C25H34N2O2/c1-17-14-18(2)24(19(3)15-17)26-22(28)16-27(7)23(29)13-10-20-8-11-21(12-9-20)25(4,5)6/h8-9,11-12,14-15H,10,13,16H2,1-7H3,(H,26,28). The number of anilines is 1. The first-order chi connectivity index (χ1) is 13.5. The van der Waals surface area contributed by atoms with Crippen molar-refractivity contribution in [1.82, 2.24) is 4.90 Å². The van der Waals surface area contributed by atoms with Gasteiger partial charge in [0.15, 0.2) is 0 Å². The molecule has 0 bridgehead atoms. The number of hydrogen-bond acceptors (Lipinski definition) is 2. The van der Waals surface area contributed by atoms with Crippen LogP contribution in [0.4, 0.5) is 5.69 Å². The average molecular weight is 395 g/mol. The second-order valence-electron chi connectivity index (χ2n) is 9.02. The second kappa shape index (κ2) is 9.25. The van der Waals surface area contributed by atoms with Crippen LogP contribution in [0.1, 0.15) is 55.0 Å². The van der Waals surface area contributed by atoms with Crippen LogP contribution in [0.3, 0.4) is 0 Å². The molecule has 4 nitrogen and oxygen atoms in total. The van der Waals surface area contributed by atoms with Gasteiger partial charge in [-0.05, 0) is 54.9 Å². The van der Waals surface area contributed by atoms with Crippen molar-refractivity contribution >= 4 is 17.5 Å². The minimum atomic E-state index is -0.176. The molecule has 0 heterocycles. The summed E-state index contributed by atoms with van der Waals surface area (Å²) in [5.74, 6) is -0.206. The Hall–Kier alpha value is -2.62. The lowest BCUT2D eigenvalue weighted by Gasteiger charge is -2.20. The third-order valence-electron chi connectivity index (χ3n) is 5.20. The van der Waals surface area contributed by atoms with Gasteiger partial charge in [-0.1, -0.05) is 62.7 Å². The quantitative estimate of drug-likeness (QED) is 0.754. The van der Waals surface area contributed by atoms with Crippen molar-refractivity contribution < 1.29 is 9.59 Å². The number of likely N-dealkylation sites (N-methyl/N-ethyl adjacent to an activating group) is 1. The van der Waals surface area contributed by atoms with E-state index in [9.17, 15) is 9.59 Å². The molecule has 0 aliphatic carbocycles. The minimum Gasteiger partial charge on any atom is -0.336 e. The topological polar surface area (TPSA) is 49.4 Å². The van der Waals surface area contributed by atoms with Gasteiger partial charge in [-0.25, -0.2) is 0 Å². The van der Waals surface area contributed by atoms with Crippen molar-refractivity contribution in [2.45, 2.75) is 59.8 Å². The Morgan fingerprint density at radius 2 is 1.52 bits per heavy atom. The molecule has 0 saturated carbocycles. The van der Waals surface area contributed by atoms with Gasteiger partial charge < -0.3 is 10.2 Å². The first kappa shape index (κ1) is 22.7. The Kier molecular flexibility index (Phi) is 7.23. The monoisotopic (exact) mass is 394 g/mol. The summed E-state index contributed by atoms with van der Waals surface area (Å²) < 4.78 is 0. The van der Waals surface area contributed by atoms with Crippen LogP contribution in [0.5, 0.6) is 0 Å². The average Bonchev–Trinajstić information content (AvgIpc) is 2.62. The smallest absolute Gasteiger partial charge is 0.243 e. The van der Waals surface area contributed by atoms with Crippen molar-refractivity contribution in [3.8, 4) is 0 Å². The van der Waals surface area contributed by atoms with Gasteiger partial charge in [0.1, 0.15) is 0 Å². The molecule has 0 fully saturated rings. The first-order valence-corrected chi connectivity index (χ1v) is 10.2. The molecule has 2 aromatic carbocycles. The highest BCUT2D eigenvalue weighted by Gasteiger charge is 2.16. The molecule has 4 heteroatoms. The van der Waals surface area contributed by atoms with E-state index in [-0.39, 0.29) is 23.8 Å². The van der Waals surface area contributed by atoms with E-state index in [0.29, 0.717) is 12.8 Å². The molecule has 0 radical (unpaired) electrons. The minimum absolute atomic E-state index is 0.0302. The number of aryl methyl sites for hydroxylation is 4. The summed E-state index contributed by atoms with van der Waals surface area (Å²) in [6.07, 6.45) is 1.06. The van der Waals surface area contributed by atoms with Crippen LogP contribution in [-0.4, -0.2) is 30.3 Å². The van der Waals surface area contributed by atoms with E-state index in [0.717, 1.165) is 22.4 Å².